The van der Waals surface area contributed by atoms with E-state index < -0.39 is 4.92 Å². The number of ether oxygens (including phenoxy) is 1. The van der Waals surface area contributed by atoms with Gasteiger partial charge in [0.25, 0.3) is 0 Å². The second-order valence-corrected chi connectivity index (χ2v) is 3.50. The van der Waals surface area contributed by atoms with Crippen LogP contribution in [0, 0.1) is 10.1 Å². The molecule has 0 spiro atoms. The van der Waals surface area contributed by atoms with Crippen molar-refractivity contribution in [1.29, 1.82) is 0 Å². The van der Waals surface area contributed by atoms with Crippen LogP contribution in [0.2, 0.25) is 0 Å². The summed E-state index contributed by atoms with van der Waals surface area (Å²) in [6.45, 7) is 2.11. The number of nitrogens with zero attached hydrogens (tertiary/aromatic N) is 3. The zero-order chi connectivity index (χ0) is 11.7. The van der Waals surface area contributed by atoms with Crippen LogP contribution < -0.4 is 10.1 Å². The molecule has 1 aromatic rings. The van der Waals surface area contributed by atoms with Gasteiger partial charge in [-0.2, -0.15) is 0 Å². The van der Waals surface area contributed by atoms with Crippen molar-refractivity contribution in [1.82, 2.24) is 14.9 Å². The molecule has 0 aliphatic carbocycles. The Balaban J connectivity index is 2.14. The molecule has 0 fully saturated rings. The number of nitrogens with one attached hydrogen (secondary N) is 1. The molecule has 86 valence electrons. The van der Waals surface area contributed by atoms with Crippen molar-refractivity contribution < 1.29 is 14.5 Å². The number of imidazole rings is 1. The van der Waals surface area contributed by atoms with Gasteiger partial charge < -0.3 is 20.2 Å². The Hall–Kier alpha value is -2.12. The third-order valence-corrected chi connectivity index (χ3v) is 2.15. The molecule has 0 radical (unpaired) electrons. The minimum atomic E-state index is -0.581. The first-order valence-electron chi connectivity index (χ1n) is 4.67. The highest BCUT2D eigenvalue weighted by Gasteiger charge is 2.27. The summed E-state index contributed by atoms with van der Waals surface area (Å²) in [5.74, 6) is -0.412. The maximum atomic E-state index is 10.8. The lowest BCUT2D eigenvalue weighted by molar-refractivity contribution is -0.389. The topological polar surface area (TPSA) is 99.3 Å². The van der Waals surface area contributed by atoms with Crippen molar-refractivity contribution in [2.75, 3.05) is 6.61 Å². The maximum Gasteiger partial charge on any atom is 0.414 e. The molecular formula is C8H10N4O4. The van der Waals surface area contributed by atoms with Gasteiger partial charge in [0.2, 0.25) is 5.91 Å². The summed E-state index contributed by atoms with van der Waals surface area (Å²) in [6.07, 6.45) is 1.29. The normalized spacial score (nSPS) is 18.4. The van der Waals surface area contributed by atoms with Crippen LogP contribution in [0.5, 0.6) is 6.01 Å². The first-order chi connectivity index (χ1) is 7.56. The van der Waals surface area contributed by atoms with E-state index in [-0.39, 0.29) is 30.4 Å². The van der Waals surface area contributed by atoms with Crippen LogP contribution in [-0.2, 0) is 11.3 Å². The Kier molecular flexibility index (Phi) is 2.47. The van der Waals surface area contributed by atoms with Crippen molar-refractivity contribution in [3.05, 3.63) is 16.3 Å². The predicted octanol–water partition coefficient (Wildman–Crippen LogP) is -0.312. The van der Waals surface area contributed by atoms with E-state index in [0.717, 1.165) is 0 Å². The molecule has 0 aromatic carbocycles. The Morgan fingerprint density at radius 3 is 3.19 bits per heavy atom. The quantitative estimate of drug-likeness (QED) is 0.550. The predicted molar refractivity (Wildman–Crippen MR) is 52.0 cm³/mol. The summed E-state index contributed by atoms with van der Waals surface area (Å²) in [7, 11) is 0. The lowest BCUT2D eigenvalue weighted by Gasteiger charge is -2.22. The fraction of sp³-hybridized carbons (Fsp3) is 0.500. The molecule has 0 bridgehead atoms. The van der Waals surface area contributed by atoms with Crippen molar-refractivity contribution in [2.45, 2.75) is 19.5 Å². The number of fused-ring (bicyclic) bond motifs is 1. The molecule has 1 amide bonds. The molecule has 0 saturated carbocycles. The number of hydrogen-bond acceptors (Lipinski definition) is 5. The second-order valence-electron chi connectivity index (χ2n) is 3.50. The van der Waals surface area contributed by atoms with Gasteiger partial charge in [-0.05, 0) is 4.92 Å². The van der Waals surface area contributed by atoms with Crippen LogP contribution >= 0.6 is 0 Å². The number of aromatic nitrogens is 2. The molecule has 1 aromatic heterocycles. The van der Waals surface area contributed by atoms with E-state index in [1.54, 1.807) is 0 Å². The van der Waals surface area contributed by atoms with Crippen LogP contribution in [0.1, 0.15) is 6.92 Å². The van der Waals surface area contributed by atoms with Gasteiger partial charge in [0.1, 0.15) is 12.8 Å². The molecule has 8 nitrogen and oxygen atoms in total. The molecular weight excluding hydrogens is 216 g/mol. The lowest BCUT2D eigenvalue weighted by atomic mass is 10.3. The third-order valence-electron chi connectivity index (χ3n) is 2.15. The highest BCUT2D eigenvalue weighted by Crippen LogP contribution is 2.21. The van der Waals surface area contributed by atoms with Gasteiger partial charge in [-0.15, -0.1) is 0 Å². The average molecular weight is 226 g/mol. The Labute approximate surface area is 90.4 Å². The minimum Gasteiger partial charge on any atom is -0.444 e. The minimum absolute atomic E-state index is 0.160. The van der Waals surface area contributed by atoms with Crippen LogP contribution in [0.3, 0.4) is 0 Å². The first kappa shape index (κ1) is 10.4. The summed E-state index contributed by atoms with van der Waals surface area (Å²) >= 11 is 0. The van der Waals surface area contributed by atoms with Gasteiger partial charge in [0.05, 0.1) is 12.6 Å². The van der Waals surface area contributed by atoms with Crippen molar-refractivity contribution in [3.8, 4) is 6.01 Å². The van der Waals surface area contributed by atoms with E-state index in [1.807, 2.05) is 0 Å². The van der Waals surface area contributed by atoms with E-state index in [4.69, 9.17) is 4.74 Å². The van der Waals surface area contributed by atoms with Gasteiger partial charge in [0, 0.05) is 11.9 Å². The molecule has 1 atom stereocenters. The van der Waals surface area contributed by atoms with E-state index in [9.17, 15) is 14.9 Å². The summed E-state index contributed by atoms with van der Waals surface area (Å²) in [5, 5.41) is 13.2. The molecule has 0 saturated heterocycles. The number of nitro groups is 1. The molecule has 16 heavy (non-hydrogen) atoms. The summed E-state index contributed by atoms with van der Waals surface area (Å²) < 4.78 is 6.72. The molecule has 8 heteroatoms. The van der Waals surface area contributed by atoms with Crippen LogP contribution in [0.15, 0.2) is 6.20 Å². The Morgan fingerprint density at radius 1 is 1.81 bits per heavy atom. The zero-order valence-electron chi connectivity index (χ0n) is 8.54. The number of rotatable bonds is 2. The molecule has 1 aliphatic rings. The van der Waals surface area contributed by atoms with Crippen LogP contribution in [0.4, 0.5) is 5.82 Å². The SMILES string of the molecule is CC(=O)N[C@@H]1COc2nc([N+](=O)[O-])cn2C1. The molecule has 0 unspecified atom stereocenters. The molecule has 2 rings (SSSR count). The summed E-state index contributed by atoms with van der Waals surface area (Å²) in [4.78, 5) is 24.4. The van der Waals surface area contributed by atoms with Gasteiger partial charge in [-0.3, -0.25) is 9.36 Å². The smallest absolute Gasteiger partial charge is 0.414 e. The Morgan fingerprint density at radius 2 is 2.56 bits per heavy atom. The second kappa shape index (κ2) is 3.80. The molecule has 2 heterocycles. The highest BCUT2D eigenvalue weighted by atomic mass is 16.6. The van der Waals surface area contributed by atoms with Crippen LogP contribution in [-0.4, -0.2) is 33.0 Å². The third kappa shape index (κ3) is 1.95. The lowest BCUT2D eigenvalue weighted by Crippen LogP contribution is -2.43. The van der Waals surface area contributed by atoms with Crippen molar-refractivity contribution in [2.24, 2.45) is 0 Å². The molecule has 1 aliphatic heterocycles. The van der Waals surface area contributed by atoms with E-state index >= 15 is 0 Å². The maximum absolute atomic E-state index is 10.8. The van der Waals surface area contributed by atoms with Gasteiger partial charge in [0.15, 0.2) is 0 Å². The van der Waals surface area contributed by atoms with Crippen LogP contribution in [0.25, 0.3) is 0 Å². The number of hydrogen-bond donors (Lipinski definition) is 1. The summed E-state index contributed by atoms with van der Waals surface area (Å²) in [6, 6.07) is 0.0344. The van der Waals surface area contributed by atoms with E-state index in [0.29, 0.717) is 6.54 Å². The monoisotopic (exact) mass is 226 g/mol. The Bertz CT molecular complexity index is 441. The van der Waals surface area contributed by atoms with E-state index in [1.165, 1.54) is 17.7 Å². The first-order valence-corrected chi connectivity index (χ1v) is 4.67. The van der Waals surface area contributed by atoms with Gasteiger partial charge in [-0.25, -0.2) is 0 Å². The average Bonchev–Trinajstić information content (AvgIpc) is 2.59. The van der Waals surface area contributed by atoms with E-state index in [2.05, 4.69) is 10.3 Å². The summed E-state index contributed by atoms with van der Waals surface area (Å²) in [5.41, 5.74) is 0. The largest absolute Gasteiger partial charge is 0.444 e. The standard InChI is InChI=1S/C8H10N4O4/c1-5(13)9-6-2-11-3-7(12(14)15)10-8(11)16-4-6/h3,6H,2,4H2,1H3,(H,9,13)/t6-/m0/s1. The van der Waals surface area contributed by atoms with Gasteiger partial charge >= 0.3 is 11.8 Å². The zero-order valence-corrected chi connectivity index (χ0v) is 8.54. The fourth-order valence-corrected chi connectivity index (χ4v) is 1.56. The number of carbonyl (C=O) groups is 1. The highest BCUT2D eigenvalue weighted by molar-refractivity contribution is 5.73. The fourth-order valence-electron chi connectivity index (χ4n) is 1.56. The van der Waals surface area contributed by atoms with Crippen molar-refractivity contribution in [3.63, 3.8) is 0 Å². The van der Waals surface area contributed by atoms with Gasteiger partial charge in [-0.1, -0.05) is 0 Å². The number of amides is 1. The van der Waals surface area contributed by atoms with Crippen molar-refractivity contribution >= 4 is 11.7 Å². The molecule has 1 N–H and O–H groups in total. The number of carbonyl (C=O) groups excluding carboxylic acids is 1.